The quantitative estimate of drug-likeness (QED) is 0.288. The highest BCUT2D eigenvalue weighted by atomic mass is 35.5. The summed E-state index contributed by atoms with van der Waals surface area (Å²) < 4.78 is 0. The minimum absolute atomic E-state index is 0.0247. The average molecular weight is 385 g/mol. The van der Waals surface area contributed by atoms with E-state index in [-0.39, 0.29) is 23.4 Å². The Labute approximate surface area is 159 Å². The van der Waals surface area contributed by atoms with Crippen LogP contribution in [0.5, 0.6) is 0 Å². The second-order valence-electron chi connectivity index (χ2n) is 5.35. The van der Waals surface area contributed by atoms with E-state index in [1.807, 2.05) is 24.4 Å². The van der Waals surface area contributed by atoms with Crippen molar-refractivity contribution >= 4 is 51.7 Å². The maximum atomic E-state index is 12.7. The van der Waals surface area contributed by atoms with E-state index in [9.17, 15) is 9.59 Å². The van der Waals surface area contributed by atoms with Crippen LogP contribution in [0.4, 0.5) is 11.4 Å². The number of para-hydroxylation sites is 1. The fraction of sp³-hybridized carbons (Fsp3) is 0.111. The number of imide groups is 1. The first-order valence-electron chi connectivity index (χ1n) is 7.66. The molecule has 1 heterocycles. The monoisotopic (exact) mass is 384 g/mol. The lowest BCUT2D eigenvalue weighted by atomic mass is 10.3. The fourth-order valence-corrected chi connectivity index (χ4v) is 3.62. The van der Waals surface area contributed by atoms with E-state index in [0.717, 1.165) is 16.7 Å². The molecule has 0 spiro atoms. The molecule has 8 heteroatoms. The highest BCUT2D eigenvalue weighted by Gasteiger charge is 2.40. The smallest absolute Gasteiger partial charge is 0.247 e. The van der Waals surface area contributed by atoms with Crippen LogP contribution in [0.3, 0.4) is 0 Å². The van der Waals surface area contributed by atoms with Gasteiger partial charge in [0.05, 0.1) is 11.4 Å². The predicted octanol–water partition coefficient (Wildman–Crippen LogP) is 3.46. The molecular formula is C18H13ClN4O2S. The normalized spacial score (nSPS) is 17.3. The van der Waals surface area contributed by atoms with Gasteiger partial charge < -0.3 is 0 Å². The first-order chi connectivity index (χ1) is 12.6. The Morgan fingerprint density at radius 3 is 2.69 bits per heavy atom. The van der Waals surface area contributed by atoms with Crippen LogP contribution in [-0.4, -0.2) is 22.2 Å². The molecule has 1 aliphatic rings. The first kappa shape index (κ1) is 18.0. The van der Waals surface area contributed by atoms with Gasteiger partial charge in [0.15, 0.2) is 11.4 Å². The predicted molar refractivity (Wildman–Crippen MR) is 102 cm³/mol. The lowest BCUT2D eigenvalue weighted by Crippen LogP contribution is -2.32. The number of rotatable bonds is 3. The summed E-state index contributed by atoms with van der Waals surface area (Å²) >= 11 is 7.01. The average Bonchev–Trinajstić information content (AvgIpc) is 2.89. The number of carbonyl (C=O) groups excluding carboxylic acids is 2. The van der Waals surface area contributed by atoms with Crippen LogP contribution >= 0.6 is 23.4 Å². The summed E-state index contributed by atoms with van der Waals surface area (Å²) in [6, 6.07) is 15.6. The fourth-order valence-electron chi connectivity index (χ4n) is 2.47. The summed E-state index contributed by atoms with van der Waals surface area (Å²) in [7, 11) is 0. The zero-order valence-electron chi connectivity index (χ0n) is 13.4. The van der Waals surface area contributed by atoms with Crippen LogP contribution in [0.15, 0.2) is 59.6 Å². The van der Waals surface area contributed by atoms with E-state index in [0.29, 0.717) is 16.4 Å². The first-order valence-corrected chi connectivity index (χ1v) is 8.92. The van der Waals surface area contributed by atoms with Crippen molar-refractivity contribution < 1.29 is 9.59 Å². The maximum Gasteiger partial charge on any atom is 0.247 e. The number of amidine groups is 1. The van der Waals surface area contributed by atoms with Gasteiger partial charge in [-0.3, -0.25) is 14.9 Å². The lowest BCUT2D eigenvalue weighted by molar-refractivity contribution is -0.121. The Kier molecular flexibility index (Phi) is 5.56. The third-order valence-corrected chi connectivity index (χ3v) is 4.88. The van der Waals surface area contributed by atoms with Crippen LogP contribution in [0.1, 0.15) is 6.42 Å². The summed E-state index contributed by atoms with van der Waals surface area (Å²) in [6.07, 6.45) is 1.83. The SMILES string of the molecule is N#CNC(=Nc1ccccc1)SC1CC(=O)N(c2cccc(Cl)c2)C1=O. The van der Waals surface area contributed by atoms with Crippen LogP contribution in [-0.2, 0) is 9.59 Å². The Morgan fingerprint density at radius 1 is 1.23 bits per heavy atom. The van der Waals surface area contributed by atoms with Crippen LogP contribution in [0.25, 0.3) is 0 Å². The van der Waals surface area contributed by atoms with E-state index in [1.54, 1.807) is 36.4 Å². The van der Waals surface area contributed by atoms with E-state index >= 15 is 0 Å². The lowest BCUT2D eigenvalue weighted by Gasteiger charge is -2.15. The molecule has 0 radical (unpaired) electrons. The van der Waals surface area contributed by atoms with E-state index in [1.165, 1.54) is 0 Å². The number of nitrogens with zero attached hydrogens (tertiary/aromatic N) is 3. The van der Waals surface area contributed by atoms with Crippen LogP contribution in [0.2, 0.25) is 5.02 Å². The summed E-state index contributed by atoms with van der Waals surface area (Å²) in [5, 5.41) is 11.4. The molecule has 2 aromatic carbocycles. The number of aliphatic imine (C=N–C) groups is 1. The van der Waals surface area contributed by atoms with Gasteiger partial charge in [0.25, 0.3) is 0 Å². The van der Waals surface area contributed by atoms with Gasteiger partial charge in [-0.2, -0.15) is 5.26 Å². The molecule has 1 unspecified atom stereocenters. The second-order valence-corrected chi connectivity index (χ2v) is 6.98. The number of amides is 2. The highest BCUT2D eigenvalue weighted by Crippen LogP contribution is 2.31. The van der Waals surface area contributed by atoms with Crippen LogP contribution < -0.4 is 10.2 Å². The molecule has 26 heavy (non-hydrogen) atoms. The molecule has 0 aromatic heterocycles. The topological polar surface area (TPSA) is 85.6 Å². The summed E-state index contributed by atoms with van der Waals surface area (Å²) in [4.78, 5) is 30.5. The zero-order chi connectivity index (χ0) is 18.5. The largest absolute Gasteiger partial charge is 0.274 e. The summed E-state index contributed by atoms with van der Waals surface area (Å²) in [5.74, 6) is -0.673. The number of hydrogen-bond donors (Lipinski definition) is 1. The Hall–Kier alpha value is -2.82. The molecule has 0 bridgehead atoms. The minimum atomic E-state index is -0.662. The molecule has 2 aromatic rings. The molecule has 1 fully saturated rings. The minimum Gasteiger partial charge on any atom is -0.274 e. The van der Waals surface area contributed by atoms with Gasteiger partial charge >= 0.3 is 0 Å². The van der Waals surface area contributed by atoms with Gasteiger partial charge in [0.2, 0.25) is 11.8 Å². The van der Waals surface area contributed by atoms with Crippen molar-refractivity contribution in [3.63, 3.8) is 0 Å². The Balaban J connectivity index is 1.81. The number of anilines is 1. The Bertz CT molecular complexity index is 911. The maximum absolute atomic E-state index is 12.7. The second kappa shape index (κ2) is 8.04. The molecule has 1 saturated heterocycles. The van der Waals surface area contributed by atoms with E-state index in [4.69, 9.17) is 16.9 Å². The molecule has 130 valence electrons. The van der Waals surface area contributed by atoms with Crippen molar-refractivity contribution in [2.45, 2.75) is 11.7 Å². The number of carbonyl (C=O) groups is 2. The molecule has 2 amide bonds. The van der Waals surface area contributed by atoms with Gasteiger partial charge in [-0.25, -0.2) is 9.89 Å². The standard InChI is InChI=1S/C18H13ClN4O2S/c19-12-5-4-8-14(9-12)23-16(24)10-15(17(23)25)26-18(21-11-20)22-13-6-2-1-3-7-13/h1-9,15H,10H2,(H,21,22). The van der Waals surface area contributed by atoms with Gasteiger partial charge in [-0.05, 0) is 30.3 Å². The molecule has 1 atom stereocenters. The summed E-state index contributed by atoms with van der Waals surface area (Å²) in [5.41, 5.74) is 1.08. The number of benzene rings is 2. The number of nitrogens with one attached hydrogen (secondary N) is 1. The molecule has 0 aliphatic carbocycles. The molecule has 6 nitrogen and oxygen atoms in total. The summed E-state index contributed by atoms with van der Waals surface area (Å²) in [6.45, 7) is 0. The van der Waals surface area contributed by atoms with Gasteiger partial charge in [-0.1, -0.05) is 47.6 Å². The van der Waals surface area contributed by atoms with Crippen molar-refractivity contribution in [2.75, 3.05) is 4.90 Å². The van der Waals surface area contributed by atoms with E-state index < -0.39 is 5.25 Å². The Morgan fingerprint density at radius 2 is 2.00 bits per heavy atom. The molecular weight excluding hydrogens is 372 g/mol. The molecule has 3 rings (SSSR count). The van der Waals surface area contributed by atoms with Gasteiger partial charge in [0.1, 0.15) is 5.25 Å². The van der Waals surface area contributed by atoms with Crippen molar-refractivity contribution in [1.29, 1.82) is 5.26 Å². The number of hydrogen-bond acceptors (Lipinski definition) is 5. The van der Waals surface area contributed by atoms with Gasteiger partial charge in [0, 0.05) is 11.4 Å². The number of nitriles is 1. The van der Waals surface area contributed by atoms with Crippen molar-refractivity contribution in [3.8, 4) is 6.19 Å². The molecule has 1 N–H and O–H groups in total. The highest BCUT2D eigenvalue weighted by molar-refractivity contribution is 8.15. The van der Waals surface area contributed by atoms with Crippen molar-refractivity contribution in [3.05, 3.63) is 59.6 Å². The van der Waals surface area contributed by atoms with Crippen molar-refractivity contribution in [1.82, 2.24) is 5.32 Å². The van der Waals surface area contributed by atoms with Gasteiger partial charge in [-0.15, -0.1) is 0 Å². The van der Waals surface area contributed by atoms with Crippen molar-refractivity contribution in [2.24, 2.45) is 4.99 Å². The number of halogens is 1. The molecule has 0 saturated carbocycles. The van der Waals surface area contributed by atoms with Crippen LogP contribution in [0, 0.1) is 11.5 Å². The zero-order valence-corrected chi connectivity index (χ0v) is 15.0. The third-order valence-electron chi connectivity index (χ3n) is 3.58. The molecule has 1 aliphatic heterocycles. The van der Waals surface area contributed by atoms with E-state index in [2.05, 4.69) is 10.3 Å². The third kappa shape index (κ3) is 4.04. The number of thioether (sulfide) groups is 1.